The highest BCUT2D eigenvalue weighted by molar-refractivity contribution is 5.98. The van der Waals surface area contributed by atoms with Crippen LogP contribution < -0.4 is 20.1 Å². The van der Waals surface area contributed by atoms with Gasteiger partial charge in [0.25, 0.3) is 0 Å². The van der Waals surface area contributed by atoms with Crippen molar-refractivity contribution >= 4 is 23.6 Å². The molecule has 0 saturated carbocycles. The van der Waals surface area contributed by atoms with Gasteiger partial charge in [-0.2, -0.15) is 8.78 Å². The van der Waals surface area contributed by atoms with Gasteiger partial charge in [0.2, 0.25) is 11.8 Å². The highest BCUT2D eigenvalue weighted by Crippen LogP contribution is 2.29. The predicted octanol–water partition coefficient (Wildman–Crippen LogP) is 3.48. The van der Waals surface area contributed by atoms with Gasteiger partial charge in [-0.05, 0) is 35.9 Å². The van der Waals surface area contributed by atoms with Crippen LogP contribution in [0.2, 0.25) is 0 Å². The van der Waals surface area contributed by atoms with Crippen LogP contribution in [0, 0.1) is 17.5 Å². The molecule has 0 atom stereocenters. The summed E-state index contributed by atoms with van der Waals surface area (Å²) in [5.74, 6) is -6.46. The summed E-state index contributed by atoms with van der Waals surface area (Å²) in [6, 6.07) is 5.44. The van der Waals surface area contributed by atoms with E-state index in [1.54, 1.807) is 0 Å². The predicted molar refractivity (Wildman–Crippen MR) is 96.6 cm³/mol. The zero-order chi connectivity index (χ0) is 22.3. The third-order valence-corrected chi connectivity index (χ3v) is 3.56. The fourth-order valence-corrected chi connectivity index (χ4v) is 2.20. The molecule has 0 spiro atoms. The van der Waals surface area contributed by atoms with Gasteiger partial charge in [-0.1, -0.05) is 6.07 Å². The summed E-state index contributed by atoms with van der Waals surface area (Å²) >= 11 is 0. The summed E-state index contributed by atoms with van der Waals surface area (Å²) in [4.78, 5) is 23.5. The van der Waals surface area contributed by atoms with Gasteiger partial charge in [0.05, 0.1) is 19.3 Å². The number of hydrogen-bond donors (Lipinski definition) is 2. The van der Waals surface area contributed by atoms with E-state index in [1.165, 1.54) is 31.4 Å². The van der Waals surface area contributed by atoms with Crippen LogP contribution in [0.1, 0.15) is 5.56 Å². The number of ether oxygens (including phenoxy) is 2. The molecule has 2 aromatic rings. The van der Waals surface area contributed by atoms with E-state index in [4.69, 9.17) is 4.74 Å². The Labute approximate surface area is 167 Å². The number of anilines is 1. The molecule has 11 heteroatoms. The number of halogens is 5. The van der Waals surface area contributed by atoms with E-state index in [0.717, 1.165) is 12.1 Å². The Morgan fingerprint density at radius 2 is 1.80 bits per heavy atom. The van der Waals surface area contributed by atoms with E-state index in [0.29, 0.717) is 11.6 Å². The third-order valence-electron chi connectivity index (χ3n) is 3.56. The SMILES string of the molecule is COc1cc(C=CC(=O)NCC(=O)Nc2ccc(F)c(F)c2F)ccc1OC(F)F. The Hall–Kier alpha value is -3.63. The van der Waals surface area contributed by atoms with Crippen molar-refractivity contribution in [1.29, 1.82) is 0 Å². The Bertz CT molecular complexity index is 966. The Morgan fingerprint density at radius 1 is 1.07 bits per heavy atom. The Balaban J connectivity index is 1.92. The number of nitrogens with one attached hydrogen (secondary N) is 2. The zero-order valence-corrected chi connectivity index (χ0v) is 15.3. The number of carbonyl (C=O) groups is 2. The van der Waals surface area contributed by atoms with Crippen LogP contribution in [-0.4, -0.2) is 32.1 Å². The van der Waals surface area contributed by atoms with Crippen molar-refractivity contribution in [1.82, 2.24) is 5.32 Å². The molecule has 0 bridgehead atoms. The van der Waals surface area contributed by atoms with Gasteiger partial charge in [-0.3, -0.25) is 9.59 Å². The zero-order valence-electron chi connectivity index (χ0n) is 15.3. The average Bonchev–Trinajstić information content (AvgIpc) is 2.71. The lowest BCUT2D eigenvalue weighted by Crippen LogP contribution is -2.32. The van der Waals surface area contributed by atoms with Gasteiger partial charge in [0.15, 0.2) is 29.0 Å². The second-order valence-electron chi connectivity index (χ2n) is 5.61. The summed E-state index contributed by atoms with van der Waals surface area (Å²) in [6.07, 6.45) is 2.37. The molecule has 0 fully saturated rings. The second kappa shape index (κ2) is 10.2. The second-order valence-corrected chi connectivity index (χ2v) is 5.61. The normalized spacial score (nSPS) is 10.9. The van der Waals surface area contributed by atoms with Gasteiger partial charge >= 0.3 is 6.61 Å². The fourth-order valence-electron chi connectivity index (χ4n) is 2.20. The molecule has 2 aromatic carbocycles. The van der Waals surface area contributed by atoms with Crippen molar-refractivity contribution < 1.29 is 41.0 Å². The number of methoxy groups -OCH3 is 1. The van der Waals surface area contributed by atoms with Gasteiger partial charge < -0.3 is 20.1 Å². The molecule has 0 aliphatic heterocycles. The number of rotatable bonds is 8. The average molecular weight is 430 g/mol. The standard InChI is InChI=1S/C19H15F5N2O4/c1-29-14-8-10(2-6-13(14)30-19(23)24)3-7-15(27)25-9-16(28)26-12-5-4-11(20)17(21)18(12)22/h2-8,19H,9H2,1H3,(H,25,27)(H,26,28). The molecule has 0 radical (unpaired) electrons. The van der Waals surface area contributed by atoms with E-state index < -0.39 is 48.1 Å². The molecule has 2 amide bonds. The molecule has 0 aliphatic carbocycles. The van der Waals surface area contributed by atoms with Crippen LogP contribution in [0.5, 0.6) is 11.5 Å². The van der Waals surface area contributed by atoms with Crippen molar-refractivity contribution in [2.75, 3.05) is 19.0 Å². The maximum Gasteiger partial charge on any atom is 0.387 e. The topological polar surface area (TPSA) is 76.7 Å². The number of hydrogen-bond acceptors (Lipinski definition) is 4. The van der Waals surface area contributed by atoms with Crippen molar-refractivity contribution in [3.05, 3.63) is 59.4 Å². The molecular formula is C19H15F5N2O4. The van der Waals surface area contributed by atoms with Gasteiger partial charge in [-0.25, -0.2) is 13.2 Å². The minimum atomic E-state index is -3.03. The maximum absolute atomic E-state index is 13.5. The summed E-state index contributed by atoms with van der Waals surface area (Å²) < 4.78 is 73.3. The molecule has 2 rings (SSSR count). The molecule has 0 saturated heterocycles. The van der Waals surface area contributed by atoms with Crippen LogP contribution in [-0.2, 0) is 9.59 Å². The molecule has 0 aliphatic rings. The number of amides is 2. The summed E-state index contributed by atoms with van der Waals surface area (Å²) in [5.41, 5.74) is -0.168. The molecular weight excluding hydrogens is 415 g/mol. The Morgan fingerprint density at radius 3 is 2.47 bits per heavy atom. The van der Waals surface area contributed by atoms with Crippen molar-refractivity contribution in [2.24, 2.45) is 0 Å². The molecule has 0 heterocycles. The van der Waals surface area contributed by atoms with E-state index in [2.05, 4.69) is 10.1 Å². The monoisotopic (exact) mass is 430 g/mol. The number of carbonyl (C=O) groups excluding carboxylic acids is 2. The van der Waals surface area contributed by atoms with E-state index in [9.17, 15) is 31.5 Å². The fraction of sp³-hybridized carbons (Fsp3) is 0.158. The van der Waals surface area contributed by atoms with Crippen LogP contribution in [0.4, 0.5) is 27.6 Å². The van der Waals surface area contributed by atoms with Gasteiger partial charge in [0, 0.05) is 6.08 Å². The van der Waals surface area contributed by atoms with Crippen molar-refractivity contribution in [2.45, 2.75) is 6.61 Å². The van der Waals surface area contributed by atoms with Crippen molar-refractivity contribution in [3.63, 3.8) is 0 Å². The first-order valence-corrected chi connectivity index (χ1v) is 8.23. The van der Waals surface area contributed by atoms with Crippen LogP contribution >= 0.6 is 0 Å². The quantitative estimate of drug-likeness (QED) is 0.382. The van der Waals surface area contributed by atoms with E-state index in [1.807, 2.05) is 5.32 Å². The summed E-state index contributed by atoms with van der Waals surface area (Å²) in [7, 11) is 1.25. The van der Waals surface area contributed by atoms with Crippen molar-refractivity contribution in [3.8, 4) is 11.5 Å². The first-order chi connectivity index (χ1) is 14.2. The Kier molecular flexibility index (Phi) is 7.73. The maximum atomic E-state index is 13.5. The minimum Gasteiger partial charge on any atom is -0.493 e. The molecule has 6 nitrogen and oxygen atoms in total. The lowest BCUT2D eigenvalue weighted by molar-refractivity contribution is -0.121. The minimum absolute atomic E-state index is 0.0193. The van der Waals surface area contributed by atoms with E-state index in [-0.39, 0.29) is 11.5 Å². The molecule has 0 aromatic heterocycles. The lowest BCUT2D eigenvalue weighted by Gasteiger charge is -2.10. The molecule has 160 valence electrons. The third kappa shape index (κ3) is 6.19. The van der Waals surface area contributed by atoms with Crippen LogP contribution in [0.3, 0.4) is 0 Å². The van der Waals surface area contributed by atoms with Crippen LogP contribution in [0.15, 0.2) is 36.4 Å². The van der Waals surface area contributed by atoms with Crippen LogP contribution in [0.25, 0.3) is 6.08 Å². The lowest BCUT2D eigenvalue weighted by atomic mass is 10.2. The highest BCUT2D eigenvalue weighted by Gasteiger charge is 2.15. The van der Waals surface area contributed by atoms with Gasteiger partial charge in [0.1, 0.15) is 0 Å². The molecule has 30 heavy (non-hydrogen) atoms. The molecule has 2 N–H and O–H groups in total. The van der Waals surface area contributed by atoms with E-state index >= 15 is 0 Å². The molecule has 0 unspecified atom stereocenters. The smallest absolute Gasteiger partial charge is 0.387 e. The summed E-state index contributed by atoms with van der Waals surface area (Å²) in [5, 5.41) is 4.19. The largest absolute Gasteiger partial charge is 0.493 e. The first kappa shape index (κ1) is 22.7. The van der Waals surface area contributed by atoms with Gasteiger partial charge in [-0.15, -0.1) is 0 Å². The number of alkyl halides is 2. The highest BCUT2D eigenvalue weighted by atomic mass is 19.3. The first-order valence-electron chi connectivity index (χ1n) is 8.23. The summed E-state index contributed by atoms with van der Waals surface area (Å²) in [6.45, 7) is -3.61. The number of benzene rings is 2.